The van der Waals surface area contributed by atoms with Gasteiger partial charge in [0, 0.05) is 53.6 Å². The Hall–Kier alpha value is -3.32. The molecule has 35 heavy (non-hydrogen) atoms. The van der Waals surface area contributed by atoms with Crippen molar-refractivity contribution in [3.05, 3.63) is 63.9 Å². The van der Waals surface area contributed by atoms with Crippen molar-refractivity contribution in [3.8, 4) is 11.1 Å². The second-order valence-electron chi connectivity index (χ2n) is 9.52. The first kappa shape index (κ1) is 23.4. The maximum absolute atomic E-state index is 13.4. The average Bonchev–Trinajstić information content (AvgIpc) is 2.88. The monoisotopic (exact) mass is 492 g/mol. The van der Waals surface area contributed by atoms with Crippen LogP contribution < -0.4 is 16.2 Å². The Morgan fingerprint density at radius 1 is 0.971 bits per heavy atom. The van der Waals surface area contributed by atoms with E-state index in [4.69, 9.17) is 17.3 Å². The number of hydrogen-bond acceptors (Lipinski definition) is 4. The molecular formula is C27H29ClN4O3. The summed E-state index contributed by atoms with van der Waals surface area (Å²) in [5.41, 5.74) is 8.35. The molecule has 2 amide bonds. The van der Waals surface area contributed by atoms with E-state index in [0.717, 1.165) is 34.9 Å². The number of pyridine rings is 1. The van der Waals surface area contributed by atoms with Crippen molar-refractivity contribution >= 4 is 40.0 Å². The molecule has 7 nitrogen and oxygen atoms in total. The number of H-pyrrole nitrogens is 1. The summed E-state index contributed by atoms with van der Waals surface area (Å²) in [7, 11) is 0. The Morgan fingerprint density at radius 2 is 1.71 bits per heavy atom. The first-order valence-electron chi connectivity index (χ1n) is 12.2. The molecule has 0 radical (unpaired) electrons. The number of halogens is 1. The number of rotatable bonds is 4. The lowest BCUT2D eigenvalue weighted by Gasteiger charge is -2.38. The quantitative estimate of drug-likeness (QED) is 0.578. The first-order valence-corrected chi connectivity index (χ1v) is 12.5. The minimum absolute atomic E-state index is 0.0964. The molecule has 3 aromatic rings. The molecule has 182 valence electrons. The summed E-state index contributed by atoms with van der Waals surface area (Å²) in [6.07, 6.45) is 2.82. The van der Waals surface area contributed by atoms with E-state index in [1.807, 2.05) is 47.4 Å². The van der Waals surface area contributed by atoms with Gasteiger partial charge < -0.3 is 20.5 Å². The Kier molecular flexibility index (Phi) is 6.52. The minimum Gasteiger partial charge on any atom is -0.369 e. The maximum Gasteiger partial charge on any atom is 0.272 e. The summed E-state index contributed by atoms with van der Waals surface area (Å²) >= 11 is 6.35. The lowest BCUT2D eigenvalue weighted by molar-refractivity contribution is -0.138. The van der Waals surface area contributed by atoms with Crippen LogP contribution in [0.3, 0.4) is 0 Å². The van der Waals surface area contributed by atoms with Gasteiger partial charge >= 0.3 is 0 Å². The van der Waals surface area contributed by atoms with Crippen molar-refractivity contribution in [2.45, 2.75) is 25.7 Å². The molecule has 5 rings (SSSR count). The molecule has 8 heteroatoms. The van der Waals surface area contributed by atoms with Crippen molar-refractivity contribution in [1.82, 2.24) is 9.88 Å². The van der Waals surface area contributed by atoms with Crippen LogP contribution in [0.15, 0.2) is 53.3 Å². The van der Waals surface area contributed by atoms with E-state index in [9.17, 15) is 14.4 Å². The van der Waals surface area contributed by atoms with Crippen LogP contribution in [0.25, 0.3) is 22.0 Å². The van der Waals surface area contributed by atoms with E-state index in [1.165, 1.54) is 0 Å². The fraction of sp³-hybridized carbons (Fsp3) is 0.370. The Bertz CT molecular complexity index is 1320. The molecule has 2 fully saturated rings. The number of nitrogens with two attached hydrogens (primary N) is 1. The Labute approximate surface area is 208 Å². The van der Waals surface area contributed by atoms with Gasteiger partial charge in [0.15, 0.2) is 0 Å². The van der Waals surface area contributed by atoms with Crippen molar-refractivity contribution in [2.75, 3.05) is 31.1 Å². The number of aromatic nitrogens is 1. The molecule has 2 saturated heterocycles. The van der Waals surface area contributed by atoms with Gasteiger partial charge in [0.25, 0.3) is 5.56 Å². The molecule has 2 aliphatic rings. The lowest BCUT2D eigenvalue weighted by Crippen LogP contribution is -2.49. The van der Waals surface area contributed by atoms with Crippen molar-refractivity contribution < 1.29 is 9.59 Å². The fourth-order valence-corrected chi connectivity index (χ4v) is 5.65. The molecular weight excluding hydrogens is 464 g/mol. The van der Waals surface area contributed by atoms with Gasteiger partial charge in [-0.05, 0) is 49.4 Å². The van der Waals surface area contributed by atoms with Gasteiger partial charge in [-0.3, -0.25) is 14.4 Å². The lowest BCUT2D eigenvalue weighted by atomic mass is 9.91. The molecule has 0 spiro atoms. The zero-order chi connectivity index (χ0) is 24.5. The van der Waals surface area contributed by atoms with Gasteiger partial charge in [-0.2, -0.15) is 0 Å². The smallest absolute Gasteiger partial charge is 0.272 e. The Balaban J connectivity index is 1.48. The molecule has 3 N–H and O–H groups in total. The number of likely N-dealkylation sites (tertiary alicyclic amines) is 1. The van der Waals surface area contributed by atoms with Gasteiger partial charge in [-0.25, -0.2) is 0 Å². The molecule has 2 aromatic carbocycles. The second-order valence-corrected chi connectivity index (χ2v) is 9.96. The third-order valence-corrected chi connectivity index (χ3v) is 7.54. The van der Waals surface area contributed by atoms with E-state index in [-0.39, 0.29) is 29.2 Å². The van der Waals surface area contributed by atoms with E-state index in [0.29, 0.717) is 49.7 Å². The minimum atomic E-state index is -0.287. The topological polar surface area (TPSA) is 99.5 Å². The molecule has 0 bridgehead atoms. The van der Waals surface area contributed by atoms with Crippen LogP contribution in [0.1, 0.15) is 25.7 Å². The summed E-state index contributed by atoms with van der Waals surface area (Å²) in [6, 6.07) is 15.3. The van der Waals surface area contributed by atoms with E-state index < -0.39 is 0 Å². The summed E-state index contributed by atoms with van der Waals surface area (Å²) in [4.78, 5) is 45.2. The Morgan fingerprint density at radius 3 is 2.43 bits per heavy atom. The number of nitrogens with zero attached hydrogens (tertiary/aromatic N) is 2. The number of primary amides is 1. The highest BCUT2D eigenvalue weighted by atomic mass is 35.5. The highest BCUT2D eigenvalue weighted by Crippen LogP contribution is 2.37. The SMILES string of the molecule is NC(=O)C1CCN(C(=O)[C@H]2CCCN(c3c(-c4ccccc4)c4cc(Cl)ccc4[nH]c3=O)C2)CC1. The average molecular weight is 493 g/mol. The third-order valence-electron chi connectivity index (χ3n) is 7.31. The summed E-state index contributed by atoms with van der Waals surface area (Å²) in [5.74, 6) is -0.547. The largest absolute Gasteiger partial charge is 0.369 e. The molecule has 0 saturated carbocycles. The summed E-state index contributed by atoms with van der Waals surface area (Å²) in [5, 5.41) is 1.47. The van der Waals surface area contributed by atoms with Gasteiger partial charge in [0.05, 0.1) is 5.92 Å². The van der Waals surface area contributed by atoms with Crippen LogP contribution >= 0.6 is 11.6 Å². The van der Waals surface area contributed by atoms with E-state index >= 15 is 0 Å². The van der Waals surface area contributed by atoms with Crippen molar-refractivity contribution in [2.24, 2.45) is 17.6 Å². The molecule has 0 aliphatic carbocycles. The molecule has 0 unspecified atom stereocenters. The predicted molar refractivity (Wildman–Crippen MR) is 138 cm³/mol. The number of carbonyl (C=O) groups is 2. The summed E-state index contributed by atoms with van der Waals surface area (Å²) < 4.78 is 0. The molecule has 2 aliphatic heterocycles. The van der Waals surface area contributed by atoms with Crippen LogP contribution in [0, 0.1) is 11.8 Å². The van der Waals surface area contributed by atoms with Crippen LogP contribution in [0.4, 0.5) is 5.69 Å². The zero-order valence-corrected chi connectivity index (χ0v) is 20.3. The van der Waals surface area contributed by atoms with Crippen LogP contribution in [-0.2, 0) is 9.59 Å². The standard InChI is InChI=1S/C27H29ClN4O3/c28-20-8-9-22-21(15-20)23(17-5-2-1-3-6-17)24(26(34)30-22)32-12-4-7-19(16-32)27(35)31-13-10-18(11-14-31)25(29)33/h1-3,5-6,8-9,15,18-19H,4,7,10-14,16H2,(H2,29,33)(H,30,34)/t19-/m0/s1. The van der Waals surface area contributed by atoms with Gasteiger partial charge in [-0.15, -0.1) is 0 Å². The molecule has 3 heterocycles. The fourth-order valence-electron chi connectivity index (χ4n) is 5.48. The third kappa shape index (κ3) is 4.65. The highest BCUT2D eigenvalue weighted by Gasteiger charge is 2.34. The number of piperidine rings is 2. The number of amides is 2. The number of anilines is 1. The number of aromatic amines is 1. The van der Waals surface area contributed by atoms with E-state index in [1.54, 1.807) is 6.07 Å². The first-order chi connectivity index (χ1) is 16.9. The number of carbonyl (C=O) groups excluding carboxylic acids is 2. The number of benzene rings is 2. The predicted octanol–water partition coefficient (Wildman–Crippen LogP) is 3.79. The summed E-state index contributed by atoms with van der Waals surface area (Å²) in [6.45, 7) is 2.27. The molecule has 1 atom stereocenters. The van der Waals surface area contributed by atoms with Gasteiger partial charge in [-0.1, -0.05) is 41.9 Å². The van der Waals surface area contributed by atoms with Crippen LogP contribution in [-0.4, -0.2) is 47.9 Å². The van der Waals surface area contributed by atoms with Crippen LogP contribution in [0.2, 0.25) is 5.02 Å². The van der Waals surface area contributed by atoms with Gasteiger partial charge in [0.2, 0.25) is 11.8 Å². The maximum atomic E-state index is 13.4. The zero-order valence-electron chi connectivity index (χ0n) is 19.5. The van der Waals surface area contributed by atoms with Crippen molar-refractivity contribution in [3.63, 3.8) is 0 Å². The molecule has 1 aromatic heterocycles. The highest BCUT2D eigenvalue weighted by molar-refractivity contribution is 6.31. The number of fused-ring (bicyclic) bond motifs is 1. The second kappa shape index (κ2) is 9.74. The van der Waals surface area contributed by atoms with Gasteiger partial charge in [0.1, 0.15) is 5.69 Å². The normalized spacial score (nSPS) is 19.2. The number of hydrogen-bond donors (Lipinski definition) is 2. The van der Waals surface area contributed by atoms with Crippen LogP contribution in [0.5, 0.6) is 0 Å². The van der Waals surface area contributed by atoms with Crippen molar-refractivity contribution in [1.29, 1.82) is 0 Å². The number of nitrogens with one attached hydrogen (secondary N) is 1. The van der Waals surface area contributed by atoms with E-state index in [2.05, 4.69) is 9.88 Å².